The Morgan fingerprint density at radius 3 is 2.73 bits per heavy atom. The molecule has 15 heavy (non-hydrogen) atoms. The molecule has 0 radical (unpaired) electrons. The molecule has 1 heterocycles. The minimum Gasteiger partial charge on any atom is -0.493 e. The fourth-order valence-corrected chi connectivity index (χ4v) is 1.90. The lowest BCUT2D eigenvalue weighted by molar-refractivity contribution is -0.119. The number of ketones is 1. The van der Waals surface area contributed by atoms with Gasteiger partial charge in [-0.15, -0.1) is 0 Å². The maximum Gasteiger partial charge on any atom is 0.133 e. The first-order chi connectivity index (χ1) is 7.36. The highest BCUT2D eigenvalue weighted by Crippen LogP contribution is 2.21. The summed E-state index contributed by atoms with van der Waals surface area (Å²) in [5.74, 6) is 1.37. The molecule has 2 rings (SSSR count). The van der Waals surface area contributed by atoms with Crippen LogP contribution in [-0.2, 0) is 11.2 Å². The Kier molecular flexibility index (Phi) is 3.38. The number of rotatable bonds is 0. The van der Waals surface area contributed by atoms with Gasteiger partial charge in [-0.3, -0.25) is 4.79 Å². The summed E-state index contributed by atoms with van der Waals surface area (Å²) in [5, 5.41) is 0. The molecular weight excluding hydrogens is 188 g/mol. The van der Waals surface area contributed by atoms with Gasteiger partial charge in [-0.25, -0.2) is 0 Å². The van der Waals surface area contributed by atoms with Gasteiger partial charge in [-0.05, 0) is 30.9 Å². The van der Waals surface area contributed by atoms with E-state index in [4.69, 9.17) is 4.74 Å². The van der Waals surface area contributed by atoms with E-state index in [1.807, 2.05) is 18.2 Å². The highest BCUT2D eigenvalue weighted by molar-refractivity contribution is 5.78. The maximum atomic E-state index is 11.4. The smallest absolute Gasteiger partial charge is 0.133 e. The predicted molar refractivity (Wildman–Crippen MR) is 59.1 cm³/mol. The SMILES string of the molecule is O=C1CCCOc2ccccc2CCC1. The Morgan fingerprint density at radius 2 is 1.80 bits per heavy atom. The summed E-state index contributed by atoms with van der Waals surface area (Å²) in [7, 11) is 0. The Balaban J connectivity index is 2.11. The number of aryl methyl sites for hydroxylation is 1. The van der Waals surface area contributed by atoms with E-state index in [1.165, 1.54) is 5.56 Å². The molecule has 80 valence electrons. The quantitative estimate of drug-likeness (QED) is 0.649. The monoisotopic (exact) mass is 204 g/mol. The summed E-state index contributed by atoms with van der Waals surface area (Å²) in [4.78, 5) is 11.4. The molecule has 0 spiro atoms. The minimum atomic E-state index is 0.373. The van der Waals surface area contributed by atoms with Gasteiger partial charge in [0, 0.05) is 12.8 Å². The van der Waals surface area contributed by atoms with Crippen LogP contribution < -0.4 is 4.74 Å². The standard InChI is InChI=1S/C13H16O2/c14-12-7-3-6-11-5-1-2-9-13(11)15-10-4-8-12/h1-2,5,9H,3-4,6-8,10H2. The van der Waals surface area contributed by atoms with Crippen LogP contribution in [0.4, 0.5) is 0 Å². The van der Waals surface area contributed by atoms with Crippen LogP contribution in [0, 0.1) is 0 Å². The molecular formula is C13H16O2. The van der Waals surface area contributed by atoms with E-state index in [-0.39, 0.29) is 0 Å². The van der Waals surface area contributed by atoms with Gasteiger partial charge in [0.25, 0.3) is 0 Å². The van der Waals surface area contributed by atoms with Gasteiger partial charge in [0.15, 0.2) is 0 Å². The fraction of sp³-hybridized carbons (Fsp3) is 0.462. The molecule has 1 aromatic rings. The van der Waals surface area contributed by atoms with E-state index in [9.17, 15) is 4.79 Å². The second-order valence-corrected chi connectivity index (χ2v) is 3.95. The van der Waals surface area contributed by atoms with Crippen LogP contribution in [0.2, 0.25) is 0 Å². The number of hydrogen-bond donors (Lipinski definition) is 0. The summed E-state index contributed by atoms with van der Waals surface area (Å²) in [5.41, 5.74) is 1.23. The molecule has 0 unspecified atom stereocenters. The number of ether oxygens (including phenoxy) is 1. The molecule has 1 aliphatic rings. The van der Waals surface area contributed by atoms with Crippen LogP contribution in [0.15, 0.2) is 24.3 Å². The van der Waals surface area contributed by atoms with Crippen molar-refractivity contribution in [1.29, 1.82) is 0 Å². The molecule has 2 nitrogen and oxygen atoms in total. The first kappa shape index (κ1) is 10.2. The fourth-order valence-electron chi connectivity index (χ4n) is 1.90. The Bertz CT molecular complexity index is 344. The van der Waals surface area contributed by atoms with E-state index in [0.717, 1.165) is 25.0 Å². The van der Waals surface area contributed by atoms with Crippen molar-refractivity contribution in [3.8, 4) is 5.75 Å². The van der Waals surface area contributed by atoms with Gasteiger partial charge in [-0.1, -0.05) is 18.2 Å². The molecule has 0 amide bonds. The van der Waals surface area contributed by atoms with Crippen molar-refractivity contribution in [3.05, 3.63) is 29.8 Å². The molecule has 0 bridgehead atoms. The van der Waals surface area contributed by atoms with Crippen molar-refractivity contribution >= 4 is 5.78 Å². The van der Waals surface area contributed by atoms with Crippen LogP contribution in [0.1, 0.15) is 31.2 Å². The van der Waals surface area contributed by atoms with E-state index in [2.05, 4.69) is 6.07 Å². The highest BCUT2D eigenvalue weighted by Gasteiger charge is 2.08. The molecule has 0 saturated carbocycles. The largest absolute Gasteiger partial charge is 0.493 e. The van der Waals surface area contributed by atoms with Crippen molar-refractivity contribution in [3.63, 3.8) is 0 Å². The van der Waals surface area contributed by atoms with Crippen LogP contribution >= 0.6 is 0 Å². The van der Waals surface area contributed by atoms with E-state index in [0.29, 0.717) is 25.2 Å². The zero-order valence-electron chi connectivity index (χ0n) is 8.87. The highest BCUT2D eigenvalue weighted by atomic mass is 16.5. The van der Waals surface area contributed by atoms with Gasteiger partial charge in [0.2, 0.25) is 0 Å². The lowest BCUT2D eigenvalue weighted by Crippen LogP contribution is -2.07. The Morgan fingerprint density at radius 1 is 1.00 bits per heavy atom. The van der Waals surface area contributed by atoms with Crippen molar-refractivity contribution in [2.24, 2.45) is 0 Å². The summed E-state index contributed by atoms with van der Waals surface area (Å²) in [6.07, 6.45) is 4.12. The van der Waals surface area contributed by atoms with Gasteiger partial charge in [0.1, 0.15) is 11.5 Å². The second-order valence-electron chi connectivity index (χ2n) is 3.95. The Labute approximate surface area is 90.3 Å². The number of benzene rings is 1. The summed E-state index contributed by atoms with van der Waals surface area (Å²) in [6.45, 7) is 0.656. The van der Waals surface area contributed by atoms with E-state index >= 15 is 0 Å². The second kappa shape index (κ2) is 4.96. The first-order valence-corrected chi connectivity index (χ1v) is 5.58. The molecule has 0 fully saturated rings. The third kappa shape index (κ3) is 2.82. The molecule has 0 aromatic heterocycles. The average Bonchev–Trinajstić information content (AvgIpc) is 2.26. The van der Waals surface area contributed by atoms with Crippen LogP contribution in [-0.4, -0.2) is 12.4 Å². The normalized spacial score (nSPS) is 17.7. The zero-order chi connectivity index (χ0) is 10.5. The third-order valence-corrected chi connectivity index (χ3v) is 2.73. The lowest BCUT2D eigenvalue weighted by atomic mass is 10.0. The zero-order valence-corrected chi connectivity index (χ0v) is 8.87. The molecule has 0 N–H and O–H groups in total. The van der Waals surface area contributed by atoms with Crippen LogP contribution in [0.3, 0.4) is 0 Å². The average molecular weight is 204 g/mol. The molecule has 1 aliphatic heterocycles. The summed E-state index contributed by atoms with van der Waals surface area (Å²) in [6, 6.07) is 8.12. The number of fused-ring (bicyclic) bond motifs is 1. The van der Waals surface area contributed by atoms with Gasteiger partial charge in [-0.2, -0.15) is 0 Å². The lowest BCUT2D eigenvalue weighted by Gasteiger charge is -2.13. The van der Waals surface area contributed by atoms with Gasteiger partial charge in [0.05, 0.1) is 6.61 Å². The van der Waals surface area contributed by atoms with E-state index < -0.39 is 0 Å². The third-order valence-electron chi connectivity index (χ3n) is 2.73. The van der Waals surface area contributed by atoms with Crippen molar-refractivity contribution < 1.29 is 9.53 Å². The minimum absolute atomic E-state index is 0.373. The van der Waals surface area contributed by atoms with Crippen molar-refractivity contribution in [2.75, 3.05) is 6.61 Å². The summed E-state index contributed by atoms with van der Waals surface area (Å²) >= 11 is 0. The topological polar surface area (TPSA) is 26.3 Å². The van der Waals surface area contributed by atoms with Gasteiger partial charge < -0.3 is 4.74 Å². The molecule has 2 heteroatoms. The van der Waals surface area contributed by atoms with E-state index in [1.54, 1.807) is 0 Å². The van der Waals surface area contributed by atoms with Crippen molar-refractivity contribution in [1.82, 2.24) is 0 Å². The first-order valence-electron chi connectivity index (χ1n) is 5.58. The maximum absolute atomic E-state index is 11.4. The van der Waals surface area contributed by atoms with Crippen LogP contribution in [0.5, 0.6) is 5.75 Å². The number of para-hydroxylation sites is 1. The molecule has 0 atom stereocenters. The van der Waals surface area contributed by atoms with Gasteiger partial charge >= 0.3 is 0 Å². The Hall–Kier alpha value is -1.31. The molecule has 0 saturated heterocycles. The number of hydrogen-bond acceptors (Lipinski definition) is 2. The molecule has 1 aromatic carbocycles. The number of Topliss-reactive ketones (excluding diaryl/α,β-unsaturated/α-hetero) is 1. The molecule has 0 aliphatic carbocycles. The predicted octanol–water partition coefficient (Wildman–Crippen LogP) is 2.75. The number of carbonyl (C=O) groups excluding carboxylic acids is 1. The summed E-state index contributed by atoms with van der Waals surface area (Å²) < 4.78 is 5.66. The van der Waals surface area contributed by atoms with Crippen molar-refractivity contribution in [2.45, 2.75) is 32.1 Å². The van der Waals surface area contributed by atoms with Crippen LogP contribution in [0.25, 0.3) is 0 Å². The number of carbonyl (C=O) groups is 1.